The molecule has 10 heteroatoms. The Balaban J connectivity index is 1.58. The molecule has 1 aromatic carbocycles. The number of thiophene rings is 1. The summed E-state index contributed by atoms with van der Waals surface area (Å²) in [5.74, 6) is -0.214. The van der Waals surface area contributed by atoms with Crippen LogP contribution in [0.15, 0.2) is 40.6 Å². The van der Waals surface area contributed by atoms with Crippen LogP contribution in [0.5, 0.6) is 0 Å². The maximum atomic E-state index is 12.9. The second kappa shape index (κ2) is 7.28. The van der Waals surface area contributed by atoms with E-state index >= 15 is 0 Å². The van der Waals surface area contributed by atoms with Crippen LogP contribution >= 0.6 is 22.7 Å². The lowest BCUT2D eigenvalue weighted by Gasteiger charge is -2.31. The molecule has 0 bridgehead atoms. The van der Waals surface area contributed by atoms with Crippen molar-refractivity contribution in [2.45, 2.75) is 4.90 Å². The van der Waals surface area contributed by atoms with Crippen molar-refractivity contribution in [3.8, 4) is 0 Å². The Labute approximate surface area is 165 Å². The highest BCUT2D eigenvalue weighted by molar-refractivity contribution is 7.89. The number of thiazole rings is 1. The summed E-state index contributed by atoms with van der Waals surface area (Å²) in [6, 6.07) is 8.47. The topological polar surface area (TPSA) is 82.6 Å². The van der Waals surface area contributed by atoms with Gasteiger partial charge in [-0.2, -0.15) is 4.31 Å². The van der Waals surface area contributed by atoms with E-state index in [4.69, 9.17) is 0 Å². The Morgan fingerprint density at radius 2 is 1.96 bits per heavy atom. The highest BCUT2D eigenvalue weighted by Gasteiger charge is 2.27. The van der Waals surface area contributed by atoms with Crippen LogP contribution in [0.2, 0.25) is 0 Å². The van der Waals surface area contributed by atoms with Crippen LogP contribution in [-0.4, -0.2) is 61.7 Å². The molecule has 3 aromatic rings. The number of aromatic nitrogens is 1. The minimum Gasteiger partial charge on any atom is -0.304 e. The molecular weight excluding hydrogens is 404 g/mol. The summed E-state index contributed by atoms with van der Waals surface area (Å²) in [5.41, 5.74) is 0.666. The van der Waals surface area contributed by atoms with Crippen molar-refractivity contribution >= 4 is 54.0 Å². The van der Waals surface area contributed by atoms with Crippen molar-refractivity contribution < 1.29 is 13.2 Å². The van der Waals surface area contributed by atoms with Gasteiger partial charge in [0.15, 0.2) is 5.13 Å². The van der Waals surface area contributed by atoms with Gasteiger partial charge in [0.25, 0.3) is 5.91 Å². The molecule has 0 atom stereocenters. The molecule has 0 radical (unpaired) electrons. The first-order chi connectivity index (χ1) is 12.9. The van der Waals surface area contributed by atoms with Gasteiger partial charge >= 0.3 is 0 Å². The van der Waals surface area contributed by atoms with Crippen LogP contribution in [0.25, 0.3) is 10.2 Å². The molecule has 1 saturated heterocycles. The molecule has 0 spiro atoms. The summed E-state index contributed by atoms with van der Waals surface area (Å²) in [7, 11) is -1.54. The lowest BCUT2D eigenvalue weighted by Crippen LogP contribution is -2.46. The Morgan fingerprint density at radius 1 is 1.19 bits per heavy atom. The fourth-order valence-electron chi connectivity index (χ4n) is 2.86. The second-order valence-corrected chi connectivity index (χ2v) is 10.2. The zero-order valence-electron chi connectivity index (χ0n) is 14.6. The van der Waals surface area contributed by atoms with Gasteiger partial charge in [-0.25, -0.2) is 13.4 Å². The number of hydrogen-bond acceptors (Lipinski definition) is 7. The van der Waals surface area contributed by atoms with Gasteiger partial charge in [-0.1, -0.05) is 17.4 Å². The minimum atomic E-state index is -3.53. The number of nitrogens with one attached hydrogen (secondary N) is 1. The number of hydrogen-bond donors (Lipinski definition) is 1. The molecule has 1 amide bonds. The van der Waals surface area contributed by atoms with Crippen molar-refractivity contribution in [2.75, 3.05) is 38.5 Å². The van der Waals surface area contributed by atoms with Crippen LogP contribution in [0.3, 0.4) is 0 Å². The van der Waals surface area contributed by atoms with E-state index in [0.717, 1.165) is 17.8 Å². The number of nitrogens with zero attached hydrogens (tertiary/aromatic N) is 3. The summed E-state index contributed by atoms with van der Waals surface area (Å²) in [6.45, 7) is 2.42. The summed E-state index contributed by atoms with van der Waals surface area (Å²) >= 11 is 2.63. The maximum absolute atomic E-state index is 12.9. The lowest BCUT2D eigenvalue weighted by molar-refractivity contribution is 0.103. The van der Waals surface area contributed by atoms with E-state index in [1.54, 1.807) is 24.3 Å². The number of amides is 1. The molecule has 27 heavy (non-hydrogen) atoms. The van der Waals surface area contributed by atoms with Crippen LogP contribution in [0.4, 0.5) is 5.13 Å². The zero-order chi connectivity index (χ0) is 19.0. The third-order valence-electron chi connectivity index (χ3n) is 4.43. The smallest absolute Gasteiger partial charge is 0.267 e. The number of carbonyl (C=O) groups excluding carboxylic acids is 1. The number of sulfonamides is 1. The highest BCUT2D eigenvalue weighted by Crippen LogP contribution is 2.30. The molecule has 1 N–H and O–H groups in total. The van der Waals surface area contributed by atoms with Gasteiger partial charge in [0.05, 0.1) is 20.0 Å². The van der Waals surface area contributed by atoms with E-state index < -0.39 is 10.0 Å². The summed E-state index contributed by atoms with van der Waals surface area (Å²) in [4.78, 5) is 19.5. The van der Waals surface area contributed by atoms with Gasteiger partial charge in [-0.05, 0) is 36.7 Å². The van der Waals surface area contributed by atoms with Crippen molar-refractivity contribution in [1.29, 1.82) is 0 Å². The zero-order valence-corrected chi connectivity index (χ0v) is 17.0. The molecule has 7 nitrogen and oxygen atoms in total. The van der Waals surface area contributed by atoms with Crippen molar-refractivity contribution in [3.63, 3.8) is 0 Å². The fourth-order valence-corrected chi connectivity index (χ4v) is 5.91. The van der Waals surface area contributed by atoms with Crippen LogP contribution in [0.1, 0.15) is 9.67 Å². The van der Waals surface area contributed by atoms with E-state index in [-0.39, 0.29) is 10.8 Å². The molecule has 0 saturated carbocycles. The first-order valence-corrected chi connectivity index (χ1v) is 11.5. The van der Waals surface area contributed by atoms with E-state index in [0.29, 0.717) is 28.6 Å². The van der Waals surface area contributed by atoms with E-state index in [9.17, 15) is 13.2 Å². The predicted molar refractivity (Wildman–Crippen MR) is 108 cm³/mol. The quantitative estimate of drug-likeness (QED) is 0.699. The average molecular weight is 423 g/mol. The number of benzene rings is 1. The average Bonchev–Trinajstić information content (AvgIpc) is 3.30. The van der Waals surface area contributed by atoms with E-state index in [1.165, 1.54) is 27.0 Å². The molecule has 0 unspecified atom stereocenters. The van der Waals surface area contributed by atoms with Gasteiger partial charge in [0.1, 0.15) is 0 Å². The van der Waals surface area contributed by atoms with Gasteiger partial charge < -0.3 is 4.90 Å². The van der Waals surface area contributed by atoms with Crippen LogP contribution in [-0.2, 0) is 10.0 Å². The van der Waals surface area contributed by atoms with E-state index in [2.05, 4.69) is 15.2 Å². The number of piperazine rings is 1. The third kappa shape index (κ3) is 3.76. The monoisotopic (exact) mass is 422 g/mol. The standard InChI is InChI=1S/C17H18N4O3S3/c1-20-6-8-21(9-7-20)27(23,24)12-4-5-13-15(11-12)26-17(18-13)19-16(22)14-3-2-10-25-14/h2-5,10-11H,6-9H2,1H3,(H,18,19,22). The molecule has 1 aliphatic rings. The Bertz CT molecular complexity index is 1070. The Morgan fingerprint density at radius 3 is 2.67 bits per heavy atom. The molecule has 4 rings (SSSR count). The molecular formula is C17H18N4O3S3. The molecule has 2 aromatic heterocycles. The number of carbonyl (C=O) groups is 1. The van der Waals surface area contributed by atoms with Crippen molar-refractivity contribution in [2.24, 2.45) is 0 Å². The van der Waals surface area contributed by atoms with Crippen LogP contribution in [0, 0.1) is 0 Å². The van der Waals surface area contributed by atoms with Crippen molar-refractivity contribution in [3.05, 3.63) is 40.6 Å². The fraction of sp³-hybridized carbons (Fsp3) is 0.294. The van der Waals surface area contributed by atoms with Gasteiger partial charge in [-0.15, -0.1) is 11.3 Å². The largest absolute Gasteiger partial charge is 0.304 e. The maximum Gasteiger partial charge on any atom is 0.267 e. The van der Waals surface area contributed by atoms with E-state index in [1.807, 2.05) is 18.5 Å². The Hall–Kier alpha value is -1.85. The SMILES string of the molecule is CN1CCN(S(=O)(=O)c2ccc3nc(NC(=O)c4cccs4)sc3c2)CC1. The lowest BCUT2D eigenvalue weighted by atomic mass is 10.3. The molecule has 142 valence electrons. The summed E-state index contributed by atoms with van der Waals surface area (Å²) in [5, 5.41) is 5.07. The second-order valence-electron chi connectivity index (χ2n) is 6.29. The highest BCUT2D eigenvalue weighted by atomic mass is 32.2. The molecule has 0 aliphatic carbocycles. The molecule has 3 heterocycles. The van der Waals surface area contributed by atoms with Gasteiger partial charge in [0, 0.05) is 26.2 Å². The van der Waals surface area contributed by atoms with Crippen molar-refractivity contribution in [1.82, 2.24) is 14.2 Å². The number of rotatable bonds is 4. The third-order valence-corrected chi connectivity index (χ3v) is 8.12. The van der Waals surface area contributed by atoms with Gasteiger partial charge in [0.2, 0.25) is 10.0 Å². The number of fused-ring (bicyclic) bond motifs is 1. The first-order valence-electron chi connectivity index (χ1n) is 8.37. The molecule has 1 fully saturated rings. The first kappa shape index (κ1) is 18.5. The number of likely N-dealkylation sites (N-methyl/N-ethyl adjacent to an activating group) is 1. The summed E-state index contributed by atoms with van der Waals surface area (Å²) in [6.07, 6.45) is 0. The molecule has 1 aliphatic heterocycles. The van der Waals surface area contributed by atoms with Gasteiger partial charge in [-0.3, -0.25) is 10.1 Å². The normalized spacial score (nSPS) is 16.6. The predicted octanol–water partition coefficient (Wildman–Crippen LogP) is 2.55. The minimum absolute atomic E-state index is 0.214. The number of anilines is 1. The Kier molecular flexibility index (Phi) is 4.99. The van der Waals surface area contributed by atoms with Crippen LogP contribution < -0.4 is 5.32 Å². The summed E-state index contributed by atoms with van der Waals surface area (Å²) < 4.78 is 28.1.